The maximum atomic E-state index is 6.38. The minimum atomic E-state index is -0.135. The fourth-order valence-corrected chi connectivity index (χ4v) is 2.90. The maximum absolute atomic E-state index is 6.38. The molecule has 4 heteroatoms. The lowest BCUT2D eigenvalue weighted by Gasteiger charge is -2.22. The quantitative estimate of drug-likeness (QED) is 0.595. The SMILES string of the molecule is CC(C)(C)c1ccc(C(NN)c2cccc(Br)c2Cl)cc1. The highest BCUT2D eigenvalue weighted by Gasteiger charge is 2.18. The normalized spacial score (nSPS) is 13.2. The highest BCUT2D eigenvalue weighted by atomic mass is 79.9. The van der Waals surface area contributed by atoms with Gasteiger partial charge in [0.15, 0.2) is 0 Å². The van der Waals surface area contributed by atoms with Gasteiger partial charge in [0.25, 0.3) is 0 Å². The lowest BCUT2D eigenvalue weighted by Crippen LogP contribution is -2.29. The number of nitrogens with one attached hydrogen (secondary N) is 1. The molecule has 2 rings (SSSR count). The van der Waals surface area contributed by atoms with Crippen LogP contribution in [0.2, 0.25) is 5.02 Å². The van der Waals surface area contributed by atoms with Crippen LogP contribution >= 0.6 is 27.5 Å². The van der Waals surface area contributed by atoms with Crippen molar-refractivity contribution in [1.29, 1.82) is 0 Å². The molecule has 0 aliphatic carbocycles. The van der Waals surface area contributed by atoms with Gasteiger partial charge in [-0.2, -0.15) is 0 Å². The molecule has 0 saturated heterocycles. The molecule has 2 nitrogen and oxygen atoms in total. The van der Waals surface area contributed by atoms with E-state index in [9.17, 15) is 0 Å². The zero-order valence-corrected chi connectivity index (χ0v) is 14.8. The summed E-state index contributed by atoms with van der Waals surface area (Å²) >= 11 is 9.83. The molecular formula is C17H20BrClN2. The highest BCUT2D eigenvalue weighted by molar-refractivity contribution is 9.10. The molecule has 0 aliphatic rings. The first-order valence-electron chi connectivity index (χ1n) is 6.85. The van der Waals surface area contributed by atoms with Gasteiger partial charge in [-0.3, -0.25) is 5.84 Å². The van der Waals surface area contributed by atoms with E-state index in [0.717, 1.165) is 15.6 Å². The van der Waals surface area contributed by atoms with Gasteiger partial charge in [0.1, 0.15) is 0 Å². The van der Waals surface area contributed by atoms with Gasteiger partial charge in [-0.25, -0.2) is 5.43 Å². The summed E-state index contributed by atoms with van der Waals surface area (Å²) < 4.78 is 0.869. The smallest absolute Gasteiger partial charge is 0.0724 e. The highest BCUT2D eigenvalue weighted by Crippen LogP contribution is 2.33. The van der Waals surface area contributed by atoms with E-state index in [2.05, 4.69) is 66.4 Å². The van der Waals surface area contributed by atoms with Crippen LogP contribution in [0.25, 0.3) is 0 Å². The molecule has 3 N–H and O–H groups in total. The van der Waals surface area contributed by atoms with Crippen molar-refractivity contribution in [3.8, 4) is 0 Å². The van der Waals surface area contributed by atoms with Crippen molar-refractivity contribution in [3.63, 3.8) is 0 Å². The van der Waals surface area contributed by atoms with Crippen LogP contribution in [0.15, 0.2) is 46.9 Å². The van der Waals surface area contributed by atoms with Crippen molar-refractivity contribution in [2.75, 3.05) is 0 Å². The summed E-state index contributed by atoms with van der Waals surface area (Å²) in [6.45, 7) is 6.60. The van der Waals surface area contributed by atoms with Crippen molar-refractivity contribution in [3.05, 3.63) is 68.7 Å². The fourth-order valence-electron chi connectivity index (χ4n) is 2.28. The van der Waals surface area contributed by atoms with E-state index >= 15 is 0 Å². The molecule has 0 fully saturated rings. The second-order valence-electron chi connectivity index (χ2n) is 6.11. The average Bonchev–Trinajstić information content (AvgIpc) is 2.44. The Morgan fingerprint density at radius 1 is 1.10 bits per heavy atom. The molecule has 0 bridgehead atoms. The molecule has 0 aliphatic heterocycles. The Bertz CT molecular complexity index is 618. The van der Waals surface area contributed by atoms with Gasteiger partial charge in [-0.1, -0.05) is 68.8 Å². The van der Waals surface area contributed by atoms with Gasteiger partial charge in [0.2, 0.25) is 0 Å². The number of hydrazine groups is 1. The van der Waals surface area contributed by atoms with Crippen LogP contribution in [0.1, 0.15) is 43.5 Å². The van der Waals surface area contributed by atoms with Crippen LogP contribution < -0.4 is 11.3 Å². The number of rotatable bonds is 3. The summed E-state index contributed by atoms with van der Waals surface area (Å²) in [5, 5.41) is 0.681. The van der Waals surface area contributed by atoms with E-state index < -0.39 is 0 Å². The third-order valence-electron chi connectivity index (χ3n) is 3.57. The third kappa shape index (κ3) is 3.67. The Kier molecular flexibility index (Phi) is 5.10. The first kappa shape index (κ1) is 16.5. The molecule has 2 aromatic carbocycles. The Balaban J connectivity index is 2.40. The third-order valence-corrected chi connectivity index (χ3v) is 4.88. The molecule has 0 saturated carbocycles. The van der Waals surface area contributed by atoms with E-state index in [-0.39, 0.29) is 11.5 Å². The fraction of sp³-hybridized carbons (Fsp3) is 0.294. The number of halogens is 2. The van der Waals surface area contributed by atoms with Crippen LogP contribution in [0.5, 0.6) is 0 Å². The number of benzene rings is 2. The van der Waals surface area contributed by atoms with Crippen molar-refractivity contribution in [2.45, 2.75) is 32.2 Å². The van der Waals surface area contributed by atoms with Crippen LogP contribution in [0.4, 0.5) is 0 Å². The molecule has 2 aromatic rings. The zero-order chi connectivity index (χ0) is 15.6. The predicted octanol–water partition coefficient (Wildman–Crippen LogP) is 4.95. The summed E-state index contributed by atoms with van der Waals surface area (Å²) in [6, 6.07) is 14.2. The van der Waals surface area contributed by atoms with Crippen molar-refractivity contribution >= 4 is 27.5 Å². The lowest BCUT2D eigenvalue weighted by molar-refractivity contribution is 0.588. The molecule has 0 heterocycles. The van der Waals surface area contributed by atoms with E-state index in [1.807, 2.05) is 18.2 Å². The standard InChI is InChI=1S/C17H20BrClN2/c1-17(2,3)12-9-7-11(8-10-12)16(21-20)13-5-4-6-14(18)15(13)19/h4-10,16,21H,20H2,1-3H3. The molecule has 0 amide bonds. The summed E-state index contributed by atoms with van der Waals surface area (Å²) in [7, 11) is 0. The molecule has 21 heavy (non-hydrogen) atoms. The number of hydrogen-bond donors (Lipinski definition) is 2. The second-order valence-corrected chi connectivity index (χ2v) is 7.35. The Morgan fingerprint density at radius 3 is 2.24 bits per heavy atom. The minimum Gasteiger partial charge on any atom is -0.271 e. The minimum absolute atomic E-state index is 0.135. The summed E-state index contributed by atoms with van der Waals surface area (Å²) in [5.41, 5.74) is 6.33. The molecule has 0 aromatic heterocycles. The first-order valence-corrected chi connectivity index (χ1v) is 8.02. The van der Waals surface area contributed by atoms with Crippen LogP contribution in [-0.2, 0) is 5.41 Å². The Morgan fingerprint density at radius 2 is 1.71 bits per heavy atom. The molecule has 0 spiro atoms. The lowest BCUT2D eigenvalue weighted by atomic mass is 9.86. The predicted molar refractivity (Wildman–Crippen MR) is 93.5 cm³/mol. The maximum Gasteiger partial charge on any atom is 0.0724 e. The van der Waals surface area contributed by atoms with E-state index in [1.165, 1.54) is 5.56 Å². The van der Waals surface area contributed by atoms with E-state index in [1.54, 1.807) is 0 Å². The van der Waals surface area contributed by atoms with Gasteiger partial charge >= 0.3 is 0 Å². The topological polar surface area (TPSA) is 38.0 Å². The van der Waals surface area contributed by atoms with Crippen LogP contribution in [0.3, 0.4) is 0 Å². The Labute approximate surface area is 139 Å². The zero-order valence-electron chi connectivity index (χ0n) is 12.5. The molecule has 112 valence electrons. The van der Waals surface area contributed by atoms with Gasteiger partial charge < -0.3 is 0 Å². The van der Waals surface area contributed by atoms with E-state index in [0.29, 0.717) is 5.02 Å². The molecule has 1 atom stereocenters. The van der Waals surface area contributed by atoms with Gasteiger partial charge in [-0.15, -0.1) is 0 Å². The largest absolute Gasteiger partial charge is 0.271 e. The van der Waals surface area contributed by atoms with Crippen molar-refractivity contribution < 1.29 is 0 Å². The second kappa shape index (κ2) is 6.49. The first-order chi connectivity index (χ1) is 9.84. The van der Waals surface area contributed by atoms with E-state index in [4.69, 9.17) is 17.4 Å². The van der Waals surface area contributed by atoms with Gasteiger partial charge in [0, 0.05) is 4.47 Å². The average molecular weight is 368 g/mol. The molecule has 0 radical (unpaired) electrons. The van der Waals surface area contributed by atoms with Gasteiger partial charge in [0.05, 0.1) is 11.1 Å². The Hall–Kier alpha value is -0.870. The molecule has 1 unspecified atom stereocenters. The summed E-state index contributed by atoms with van der Waals surface area (Å²) in [4.78, 5) is 0. The van der Waals surface area contributed by atoms with Crippen LogP contribution in [0, 0.1) is 0 Å². The van der Waals surface area contributed by atoms with Crippen molar-refractivity contribution in [1.82, 2.24) is 5.43 Å². The number of hydrogen-bond acceptors (Lipinski definition) is 2. The number of nitrogens with two attached hydrogens (primary N) is 1. The monoisotopic (exact) mass is 366 g/mol. The molecular weight excluding hydrogens is 348 g/mol. The van der Waals surface area contributed by atoms with Gasteiger partial charge in [-0.05, 0) is 44.1 Å². The van der Waals surface area contributed by atoms with Crippen molar-refractivity contribution in [2.24, 2.45) is 5.84 Å². The summed E-state index contributed by atoms with van der Waals surface area (Å²) in [5.74, 6) is 5.76. The summed E-state index contributed by atoms with van der Waals surface area (Å²) in [6.07, 6.45) is 0. The van der Waals surface area contributed by atoms with Crippen LogP contribution in [-0.4, -0.2) is 0 Å².